The van der Waals surface area contributed by atoms with Gasteiger partial charge < -0.3 is 4.42 Å². The molecule has 0 aliphatic heterocycles. The van der Waals surface area contributed by atoms with Gasteiger partial charge in [0.25, 0.3) is 5.91 Å². The minimum atomic E-state index is -0.479. The first-order valence-electron chi connectivity index (χ1n) is 8.01. The van der Waals surface area contributed by atoms with Gasteiger partial charge in [-0.25, -0.2) is 9.78 Å². The van der Waals surface area contributed by atoms with E-state index in [0.29, 0.717) is 37.6 Å². The van der Waals surface area contributed by atoms with E-state index in [4.69, 9.17) is 27.6 Å². The third kappa shape index (κ3) is 3.87. The molecule has 0 saturated carbocycles. The number of anilines is 1. The number of para-hydroxylation sites is 1. The molecule has 0 saturated heterocycles. The molecular weight excluding hydrogens is 421 g/mol. The van der Waals surface area contributed by atoms with Gasteiger partial charge in [0.1, 0.15) is 5.58 Å². The number of halogens is 2. The van der Waals surface area contributed by atoms with Gasteiger partial charge in [0.15, 0.2) is 0 Å². The molecule has 2 aromatic carbocycles. The Balaban J connectivity index is 1.53. The number of nitrogens with zero attached hydrogens (tertiary/aromatic N) is 1. The SMILES string of the molecule is O=C(NNc1nc(-c2cc3ccccc3oc2=O)cs1)c1cc(Cl)cc(Cl)c1. The Hall–Kier alpha value is -2.87. The van der Waals surface area contributed by atoms with Gasteiger partial charge in [-0.05, 0) is 30.3 Å². The van der Waals surface area contributed by atoms with Crippen LogP contribution in [-0.4, -0.2) is 10.9 Å². The Labute approximate surface area is 172 Å². The van der Waals surface area contributed by atoms with E-state index in [1.54, 1.807) is 23.6 Å². The van der Waals surface area contributed by atoms with E-state index in [2.05, 4.69) is 15.8 Å². The number of hydrazine groups is 1. The minimum Gasteiger partial charge on any atom is -0.422 e. The molecule has 0 bridgehead atoms. The minimum absolute atomic E-state index is 0.303. The summed E-state index contributed by atoms with van der Waals surface area (Å²) in [6.45, 7) is 0. The number of aromatic nitrogens is 1. The highest BCUT2D eigenvalue weighted by Crippen LogP contribution is 2.25. The van der Waals surface area contributed by atoms with Crippen molar-refractivity contribution in [1.29, 1.82) is 0 Å². The van der Waals surface area contributed by atoms with Crippen molar-refractivity contribution in [3.63, 3.8) is 0 Å². The standard InChI is InChI=1S/C19H11Cl2N3O3S/c20-12-5-11(6-13(21)8-12)17(25)23-24-19-22-15(9-28-19)14-7-10-3-1-2-4-16(10)27-18(14)26/h1-9H,(H,22,24)(H,23,25). The average molecular weight is 432 g/mol. The van der Waals surface area contributed by atoms with Crippen molar-refractivity contribution < 1.29 is 9.21 Å². The first kappa shape index (κ1) is 18.5. The topological polar surface area (TPSA) is 84.2 Å². The van der Waals surface area contributed by atoms with E-state index in [0.717, 1.165) is 5.39 Å². The van der Waals surface area contributed by atoms with Crippen LogP contribution in [0.3, 0.4) is 0 Å². The Morgan fingerprint density at radius 1 is 1.07 bits per heavy atom. The van der Waals surface area contributed by atoms with Gasteiger partial charge in [0.05, 0.1) is 11.3 Å². The van der Waals surface area contributed by atoms with Gasteiger partial charge in [0, 0.05) is 26.4 Å². The highest BCUT2D eigenvalue weighted by molar-refractivity contribution is 7.14. The molecule has 0 aliphatic rings. The molecule has 2 heterocycles. The third-order valence-corrected chi connectivity index (χ3v) is 5.02. The summed E-state index contributed by atoms with van der Waals surface area (Å²) in [6, 6.07) is 13.5. The average Bonchev–Trinajstić information content (AvgIpc) is 3.13. The van der Waals surface area contributed by atoms with Crippen molar-refractivity contribution in [1.82, 2.24) is 10.4 Å². The molecule has 0 fully saturated rings. The highest BCUT2D eigenvalue weighted by atomic mass is 35.5. The number of carbonyl (C=O) groups excluding carboxylic acids is 1. The number of rotatable bonds is 4. The summed E-state index contributed by atoms with van der Waals surface area (Å²) in [6.07, 6.45) is 0. The number of amides is 1. The lowest BCUT2D eigenvalue weighted by atomic mass is 10.1. The Morgan fingerprint density at radius 2 is 1.82 bits per heavy atom. The van der Waals surface area contributed by atoms with Gasteiger partial charge in [-0.2, -0.15) is 0 Å². The quantitative estimate of drug-likeness (QED) is 0.351. The number of hydrogen-bond acceptors (Lipinski definition) is 6. The fraction of sp³-hybridized carbons (Fsp3) is 0. The summed E-state index contributed by atoms with van der Waals surface area (Å²) >= 11 is 13.0. The van der Waals surface area contributed by atoms with E-state index < -0.39 is 11.5 Å². The van der Waals surface area contributed by atoms with Crippen molar-refractivity contribution in [3.05, 3.63) is 79.9 Å². The number of hydrogen-bond donors (Lipinski definition) is 2. The molecule has 1 amide bonds. The fourth-order valence-corrected chi connectivity index (χ4v) is 3.75. The van der Waals surface area contributed by atoms with Crippen molar-refractivity contribution >= 4 is 56.5 Å². The lowest BCUT2D eigenvalue weighted by Gasteiger charge is -2.06. The van der Waals surface area contributed by atoms with E-state index in [-0.39, 0.29) is 0 Å². The maximum atomic E-state index is 12.2. The number of fused-ring (bicyclic) bond motifs is 1. The van der Waals surface area contributed by atoms with E-state index in [1.165, 1.54) is 29.5 Å². The number of carbonyl (C=O) groups is 1. The van der Waals surface area contributed by atoms with Gasteiger partial charge in [-0.1, -0.05) is 41.4 Å². The molecule has 2 N–H and O–H groups in total. The zero-order valence-corrected chi connectivity index (χ0v) is 16.4. The number of thiazole rings is 1. The predicted molar refractivity (Wildman–Crippen MR) is 111 cm³/mol. The molecule has 140 valence electrons. The number of benzene rings is 2. The molecule has 9 heteroatoms. The Morgan fingerprint density at radius 3 is 2.61 bits per heavy atom. The summed E-state index contributed by atoms with van der Waals surface area (Å²) in [5, 5.41) is 3.62. The molecular formula is C19H11Cl2N3O3S. The Kier molecular flexibility index (Phi) is 5.04. The second-order valence-electron chi connectivity index (χ2n) is 5.76. The molecule has 0 aliphatic carbocycles. The Bertz CT molecular complexity index is 1230. The van der Waals surface area contributed by atoms with E-state index in [9.17, 15) is 9.59 Å². The first-order valence-corrected chi connectivity index (χ1v) is 9.64. The second kappa shape index (κ2) is 7.63. The smallest absolute Gasteiger partial charge is 0.345 e. The molecule has 0 atom stereocenters. The van der Waals surface area contributed by atoms with Crippen LogP contribution in [0.2, 0.25) is 10.0 Å². The van der Waals surface area contributed by atoms with Crippen LogP contribution in [0, 0.1) is 0 Å². The maximum absolute atomic E-state index is 12.2. The normalized spacial score (nSPS) is 10.8. The van der Waals surface area contributed by atoms with E-state index >= 15 is 0 Å². The van der Waals surface area contributed by atoms with Crippen molar-refractivity contribution in [2.24, 2.45) is 0 Å². The van der Waals surface area contributed by atoms with Crippen LogP contribution in [-0.2, 0) is 0 Å². The van der Waals surface area contributed by atoms with Gasteiger partial charge in [0.2, 0.25) is 5.13 Å². The molecule has 0 unspecified atom stereocenters. The third-order valence-electron chi connectivity index (χ3n) is 3.83. The predicted octanol–water partition coefficient (Wildman–Crippen LogP) is 4.98. The van der Waals surface area contributed by atoms with Crippen LogP contribution in [0.1, 0.15) is 10.4 Å². The van der Waals surface area contributed by atoms with Gasteiger partial charge >= 0.3 is 5.63 Å². The largest absolute Gasteiger partial charge is 0.422 e. The van der Waals surface area contributed by atoms with Crippen LogP contribution in [0.15, 0.2) is 63.1 Å². The van der Waals surface area contributed by atoms with Crippen LogP contribution < -0.4 is 16.5 Å². The maximum Gasteiger partial charge on any atom is 0.345 e. The summed E-state index contributed by atoms with van der Waals surface area (Å²) in [5.74, 6) is -0.425. The van der Waals surface area contributed by atoms with Crippen LogP contribution in [0.4, 0.5) is 5.13 Å². The first-order chi connectivity index (χ1) is 13.5. The van der Waals surface area contributed by atoms with Crippen LogP contribution >= 0.6 is 34.5 Å². The molecule has 2 aromatic heterocycles. The monoisotopic (exact) mass is 431 g/mol. The molecule has 0 radical (unpaired) electrons. The summed E-state index contributed by atoms with van der Waals surface area (Å²) in [7, 11) is 0. The van der Waals surface area contributed by atoms with Gasteiger partial charge in [-0.15, -0.1) is 11.3 Å². The second-order valence-corrected chi connectivity index (χ2v) is 7.49. The molecule has 28 heavy (non-hydrogen) atoms. The molecule has 4 aromatic rings. The van der Waals surface area contributed by atoms with Crippen molar-refractivity contribution in [3.8, 4) is 11.3 Å². The lowest BCUT2D eigenvalue weighted by molar-refractivity contribution is 0.0962. The zero-order valence-electron chi connectivity index (χ0n) is 14.0. The molecule has 4 rings (SSSR count). The van der Waals surface area contributed by atoms with E-state index in [1.807, 2.05) is 12.1 Å². The van der Waals surface area contributed by atoms with Crippen LogP contribution in [0.5, 0.6) is 0 Å². The summed E-state index contributed by atoms with van der Waals surface area (Å²) in [4.78, 5) is 28.8. The fourth-order valence-electron chi connectivity index (χ4n) is 2.56. The number of nitrogens with one attached hydrogen (secondary N) is 2. The summed E-state index contributed by atoms with van der Waals surface area (Å²) in [5.41, 5.74) is 6.37. The highest BCUT2D eigenvalue weighted by Gasteiger charge is 2.13. The summed E-state index contributed by atoms with van der Waals surface area (Å²) < 4.78 is 5.33. The van der Waals surface area contributed by atoms with Crippen LogP contribution in [0.25, 0.3) is 22.2 Å². The van der Waals surface area contributed by atoms with Crippen molar-refractivity contribution in [2.75, 3.05) is 5.43 Å². The molecule has 6 nitrogen and oxygen atoms in total. The van der Waals surface area contributed by atoms with Gasteiger partial charge in [-0.3, -0.25) is 15.6 Å². The zero-order chi connectivity index (χ0) is 19.7. The lowest BCUT2D eigenvalue weighted by Crippen LogP contribution is -2.29. The molecule has 0 spiro atoms. The van der Waals surface area contributed by atoms with Crippen molar-refractivity contribution in [2.45, 2.75) is 0 Å².